The highest BCUT2D eigenvalue weighted by molar-refractivity contribution is 5.81. The second-order valence-electron chi connectivity index (χ2n) is 7.52. The van der Waals surface area contributed by atoms with Crippen molar-refractivity contribution in [1.82, 2.24) is 15.2 Å². The Bertz CT molecular complexity index is 862. The molecular weight excluding hydrogens is 354 g/mol. The summed E-state index contributed by atoms with van der Waals surface area (Å²) in [6.07, 6.45) is 5.74. The Morgan fingerprint density at radius 3 is 2.96 bits per heavy atom. The molecule has 0 bridgehead atoms. The van der Waals surface area contributed by atoms with Gasteiger partial charge in [0.05, 0.1) is 7.11 Å². The molecule has 3 rings (SSSR count). The molecule has 1 unspecified atom stereocenters. The van der Waals surface area contributed by atoms with E-state index < -0.39 is 0 Å². The molecule has 0 radical (unpaired) electrons. The summed E-state index contributed by atoms with van der Waals surface area (Å²) in [5.41, 5.74) is 1.26. The molecule has 6 heteroatoms. The standard InChI is InChI=1S/C22H31N3O3/c1-3-18-6-4-5-12-25(18)13-11-23-21(26)10-7-16-14-17-15-19(28-2)8-9-20(17)24-22(16)27/h8-9,14-15,18H,3-7,10-13H2,1-2H3,(H,23,26)(H,24,27). The number of carbonyl (C=O) groups excluding carboxylic acids is 1. The van der Waals surface area contributed by atoms with Crippen LogP contribution in [0.5, 0.6) is 5.75 Å². The van der Waals surface area contributed by atoms with Crippen molar-refractivity contribution < 1.29 is 9.53 Å². The van der Waals surface area contributed by atoms with Crippen LogP contribution in [0, 0.1) is 0 Å². The van der Waals surface area contributed by atoms with Gasteiger partial charge in [0.15, 0.2) is 0 Å². The van der Waals surface area contributed by atoms with Crippen LogP contribution in [0.3, 0.4) is 0 Å². The molecule has 0 spiro atoms. The number of aryl methyl sites for hydroxylation is 1. The molecule has 1 aromatic heterocycles. The Morgan fingerprint density at radius 1 is 1.32 bits per heavy atom. The number of aromatic amines is 1. The predicted octanol–water partition coefficient (Wildman–Crippen LogP) is 2.85. The lowest BCUT2D eigenvalue weighted by molar-refractivity contribution is -0.121. The summed E-state index contributed by atoms with van der Waals surface area (Å²) in [5.74, 6) is 0.738. The number of piperidine rings is 1. The van der Waals surface area contributed by atoms with Crippen LogP contribution in [-0.4, -0.2) is 48.6 Å². The number of nitrogens with zero attached hydrogens (tertiary/aromatic N) is 1. The van der Waals surface area contributed by atoms with Crippen molar-refractivity contribution in [1.29, 1.82) is 0 Å². The third kappa shape index (κ3) is 5.13. The minimum Gasteiger partial charge on any atom is -0.497 e. The average Bonchev–Trinajstić information content (AvgIpc) is 2.72. The Kier molecular flexibility index (Phi) is 7.09. The summed E-state index contributed by atoms with van der Waals surface area (Å²) in [6, 6.07) is 8.03. The van der Waals surface area contributed by atoms with Gasteiger partial charge >= 0.3 is 0 Å². The van der Waals surface area contributed by atoms with Gasteiger partial charge in [0.1, 0.15) is 5.75 Å². The van der Waals surface area contributed by atoms with E-state index in [1.54, 1.807) is 7.11 Å². The van der Waals surface area contributed by atoms with Crippen LogP contribution < -0.4 is 15.6 Å². The zero-order chi connectivity index (χ0) is 19.9. The second-order valence-corrected chi connectivity index (χ2v) is 7.52. The summed E-state index contributed by atoms with van der Waals surface area (Å²) in [5, 5.41) is 3.91. The molecule has 6 nitrogen and oxygen atoms in total. The number of amides is 1. The molecule has 1 fully saturated rings. The number of hydrogen-bond acceptors (Lipinski definition) is 4. The highest BCUT2D eigenvalue weighted by atomic mass is 16.5. The van der Waals surface area contributed by atoms with Gasteiger partial charge < -0.3 is 15.0 Å². The first-order valence-electron chi connectivity index (χ1n) is 10.3. The van der Waals surface area contributed by atoms with Gasteiger partial charge in [-0.25, -0.2) is 0 Å². The number of likely N-dealkylation sites (tertiary alicyclic amines) is 1. The number of rotatable bonds is 8. The lowest BCUT2D eigenvalue weighted by atomic mass is 10.0. The largest absolute Gasteiger partial charge is 0.497 e. The van der Waals surface area contributed by atoms with E-state index in [9.17, 15) is 9.59 Å². The lowest BCUT2D eigenvalue weighted by Gasteiger charge is -2.35. The van der Waals surface area contributed by atoms with Crippen molar-refractivity contribution in [3.8, 4) is 5.75 Å². The molecule has 28 heavy (non-hydrogen) atoms. The maximum Gasteiger partial charge on any atom is 0.251 e. The van der Waals surface area contributed by atoms with Crippen LogP contribution in [0.25, 0.3) is 10.9 Å². The highest BCUT2D eigenvalue weighted by Crippen LogP contribution is 2.20. The number of benzene rings is 1. The normalized spacial score (nSPS) is 17.6. The minimum atomic E-state index is -0.135. The zero-order valence-electron chi connectivity index (χ0n) is 16.9. The van der Waals surface area contributed by atoms with Crippen LogP contribution in [0.2, 0.25) is 0 Å². The van der Waals surface area contributed by atoms with Gasteiger partial charge in [0, 0.05) is 42.0 Å². The molecule has 2 N–H and O–H groups in total. The summed E-state index contributed by atoms with van der Waals surface area (Å²) in [7, 11) is 1.62. The summed E-state index contributed by atoms with van der Waals surface area (Å²) >= 11 is 0. The smallest absolute Gasteiger partial charge is 0.251 e. The molecule has 1 atom stereocenters. The molecule has 1 saturated heterocycles. The van der Waals surface area contributed by atoms with E-state index in [1.165, 1.54) is 25.7 Å². The van der Waals surface area contributed by atoms with Gasteiger partial charge in [-0.05, 0) is 56.5 Å². The van der Waals surface area contributed by atoms with Crippen molar-refractivity contribution in [2.75, 3.05) is 26.7 Å². The second kappa shape index (κ2) is 9.73. The molecule has 2 heterocycles. The predicted molar refractivity (Wildman–Crippen MR) is 112 cm³/mol. The number of carbonyl (C=O) groups is 1. The maximum absolute atomic E-state index is 12.3. The molecule has 1 amide bonds. The van der Waals surface area contributed by atoms with Crippen molar-refractivity contribution in [2.45, 2.75) is 51.5 Å². The van der Waals surface area contributed by atoms with E-state index in [-0.39, 0.29) is 11.5 Å². The van der Waals surface area contributed by atoms with Crippen LogP contribution in [0.15, 0.2) is 29.1 Å². The van der Waals surface area contributed by atoms with Crippen molar-refractivity contribution in [3.63, 3.8) is 0 Å². The van der Waals surface area contributed by atoms with Gasteiger partial charge in [-0.15, -0.1) is 0 Å². The fraction of sp³-hybridized carbons (Fsp3) is 0.545. The van der Waals surface area contributed by atoms with Gasteiger partial charge in [-0.3, -0.25) is 14.5 Å². The summed E-state index contributed by atoms with van der Waals surface area (Å²) in [6.45, 7) is 4.93. The molecular formula is C22H31N3O3. The molecule has 152 valence electrons. The van der Waals surface area contributed by atoms with Crippen molar-refractivity contribution in [2.24, 2.45) is 0 Å². The number of methoxy groups -OCH3 is 1. The molecule has 0 aliphatic carbocycles. The number of ether oxygens (including phenoxy) is 1. The van der Waals surface area contributed by atoms with Crippen LogP contribution in [0.1, 0.15) is 44.6 Å². The van der Waals surface area contributed by atoms with E-state index in [1.807, 2.05) is 24.3 Å². The fourth-order valence-electron chi connectivity index (χ4n) is 4.03. The van der Waals surface area contributed by atoms with E-state index in [2.05, 4.69) is 22.1 Å². The molecule has 1 aromatic carbocycles. The minimum absolute atomic E-state index is 0.00445. The number of H-pyrrole nitrogens is 1. The average molecular weight is 386 g/mol. The first-order chi connectivity index (χ1) is 13.6. The van der Waals surface area contributed by atoms with Crippen LogP contribution >= 0.6 is 0 Å². The fourth-order valence-corrected chi connectivity index (χ4v) is 4.03. The Labute approximate surface area is 166 Å². The number of pyridine rings is 1. The summed E-state index contributed by atoms with van der Waals surface area (Å²) in [4.78, 5) is 29.9. The summed E-state index contributed by atoms with van der Waals surface area (Å²) < 4.78 is 5.24. The van der Waals surface area contributed by atoms with Gasteiger partial charge in [0.25, 0.3) is 5.56 Å². The molecule has 1 aliphatic heterocycles. The molecule has 1 aliphatic rings. The lowest BCUT2D eigenvalue weighted by Crippen LogP contribution is -2.43. The highest BCUT2D eigenvalue weighted by Gasteiger charge is 2.20. The Morgan fingerprint density at radius 2 is 2.18 bits per heavy atom. The Balaban J connectivity index is 1.51. The van der Waals surface area contributed by atoms with Gasteiger partial charge in [-0.2, -0.15) is 0 Å². The van der Waals surface area contributed by atoms with E-state index in [4.69, 9.17) is 4.74 Å². The third-order valence-corrected chi connectivity index (χ3v) is 5.69. The van der Waals surface area contributed by atoms with Crippen molar-refractivity contribution >= 4 is 16.8 Å². The zero-order valence-corrected chi connectivity index (χ0v) is 16.9. The monoisotopic (exact) mass is 385 g/mol. The van der Waals surface area contributed by atoms with E-state index in [0.717, 1.165) is 29.7 Å². The maximum atomic E-state index is 12.3. The quantitative estimate of drug-likeness (QED) is 0.733. The number of fused-ring (bicyclic) bond motifs is 1. The van der Waals surface area contributed by atoms with Crippen LogP contribution in [0.4, 0.5) is 0 Å². The first kappa shape index (κ1) is 20.4. The number of nitrogens with one attached hydrogen (secondary N) is 2. The van der Waals surface area contributed by atoms with E-state index >= 15 is 0 Å². The van der Waals surface area contributed by atoms with Crippen molar-refractivity contribution in [3.05, 3.63) is 40.2 Å². The first-order valence-corrected chi connectivity index (χ1v) is 10.3. The topological polar surface area (TPSA) is 74.4 Å². The van der Waals surface area contributed by atoms with Gasteiger partial charge in [0.2, 0.25) is 5.91 Å². The Hall–Kier alpha value is -2.34. The molecule has 2 aromatic rings. The SMILES string of the molecule is CCC1CCCCN1CCNC(=O)CCc1cc2cc(OC)ccc2[nH]c1=O. The van der Waals surface area contributed by atoms with Crippen LogP contribution in [-0.2, 0) is 11.2 Å². The number of hydrogen-bond donors (Lipinski definition) is 2. The number of aromatic nitrogens is 1. The third-order valence-electron chi connectivity index (χ3n) is 5.69. The molecule has 0 saturated carbocycles. The van der Waals surface area contributed by atoms with E-state index in [0.29, 0.717) is 31.0 Å². The van der Waals surface area contributed by atoms with Gasteiger partial charge in [-0.1, -0.05) is 13.3 Å².